The van der Waals surface area contributed by atoms with Crippen LogP contribution in [0.2, 0.25) is 0 Å². The molecule has 0 bridgehead atoms. The fourth-order valence-electron chi connectivity index (χ4n) is 3.26. The SMILES string of the molecule is COc1ccc(OC(=O)NC2CCCC2)cc1-c1cncc(/C(=N/N)NN)c1. The third kappa shape index (κ3) is 4.49. The number of amides is 1. The Morgan fingerprint density at radius 1 is 1.25 bits per heavy atom. The molecule has 1 amide bonds. The van der Waals surface area contributed by atoms with Crippen LogP contribution in [0.4, 0.5) is 4.79 Å². The van der Waals surface area contributed by atoms with E-state index in [1.54, 1.807) is 43.8 Å². The van der Waals surface area contributed by atoms with Crippen molar-refractivity contribution in [2.75, 3.05) is 7.11 Å². The molecule has 2 aromatic rings. The van der Waals surface area contributed by atoms with Crippen molar-refractivity contribution in [2.24, 2.45) is 16.8 Å². The third-order valence-electron chi connectivity index (χ3n) is 4.65. The molecule has 9 nitrogen and oxygen atoms in total. The second-order valence-corrected chi connectivity index (χ2v) is 6.46. The number of hydrogen-bond acceptors (Lipinski definition) is 7. The molecule has 1 aromatic carbocycles. The Balaban J connectivity index is 1.85. The second kappa shape index (κ2) is 9.05. The van der Waals surface area contributed by atoms with Crippen molar-refractivity contribution < 1.29 is 14.3 Å². The summed E-state index contributed by atoms with van der Waals surface area (Å²) in [5.41, 5.74) is 4.46. The van der Waals surface area contributed by atoms with Crippen LogP contribution in [0.1, 0.15) is 31.2 Å². The number of benzene rings is 1. The molecule has 1 saturated carbocycles. The van der Waals surface area contributed by atoms with E-state index in [2.05, 4.69) is 20.8 Å². The fraction of sp³-hybridized carbons (Fsp3) is 0.316. The molecule has 6 N–H and O–H groups in total. The van der Waals surface area contributed by atoms with E-state index in [0.29, 0.717) is 22.6 Å². The highest BCUT2D eigenvalue weighted by Crippen LogP contribution is 2.33. The van der Waals surface area contributed by atoms with Crippen molar-refractivity contribution in [3.8, 4) is 22.6 Å². The number of aromatic nitrogens is 1. The molecule has 148 valence electrons. The van der Waals surface area contributed by atoms with Gasteiger partial charge in [-0.25, -0.2) is 10.6 Å². The quantitative estimate of drug-likeness (QED) is 0.267. The second-order valence-electron chi connectivity index (χ2n) is 6.46. The number of nitrogens with one attached hydrogen (secondary N) is 2. The number of rotatable bonds is 5. The molecule has 1 fully saturated rings. The molecule has 0 spiro atoms. The van der Waals surface area contributed by atoms with Crippen molar-refractivity contribution in [3.05, 3.63) is 42.2 Å². The van der Waals surface area contributed by atoms with Crippen LogP contribution >= 0.6 is 0 Å². The van der Waals surface area contributed by atoms with Gasteiger partial charge in [-0.1, -0.05) is 12.8 Å². The molecular formula is C19H24N6O3. The van der Waals surface area contributed by atoms with Crippen molar-refractivity contribution >= 4 is 11.9 Å². The average molecular weight is 384 g/mol. The van der Waals surface area contributed by atoms with Crippen LogP contribution in [-0.4, -0.2) is 30.1 Å². The van der Waals surface area contributed by atoms with Crippen molar-refractivity contribution in [2.45, 2.75) is 31.7 Å². The van der Waals surface area contributed by atoms with E-state index in [1.165, 1.54) is 0 Å². The van der Waals surface area contributed by atoms with Crippen molar-refractivity contribution in [1.82, 2.24) is 15.7 Å². The summed E-state index contributed by atoms with van der Waals surface area (Å²) in [6, 6.07) is 7.13. The summed E-state index contributed by atoms with van der Waals surface area (Å²) in [5, 5.41) is 6.49. The van der Waals surface area contributed by atoms with Gasteiger partial charge in [-0.05, 0) is 37.1 Å². The number of hydrazone groups is 1. The zero-order valence-corrected chi connectivity index (χ0v) is 15.6. The van der Waals surface area contributed by atoms with Gasteiger partial charge in [0, 0.05) is 35.1 Å². The van der Waals surface area contributed by atoms with Gasteiger partial charge in [-0.2, -0.15) is 5.10 Å². The summed E-state index contributed by atoms with van der Waals surface area (Å²) in [7, 11) is 1.57. The normalized spacial score (nSPS) is 14.6. The lowest BCUT2D eigenvalue weighted by atomic mass is 10.0. The van der Waals surface area contributed by atoms with Crippen LogP contribution in [0.3, 0.4) is 0 Å². The first-order valence-electron chi connectivity index (χ1n) is 9.01. The lowest BCUT2D eigenvalue weighted by molar-refractivity contribution is 0.196. The molecule has 1 aliphatic rings. The van der Waals surface area contributed by atoms with E-state index in [-0.39, 0.29) is 11.9 Å². The zero-order chi connectivity index (χ0) is 19.9. The number of hydrogen-bond donors (Lipinski definition) is 4. The van der Waals surface area contributed by atoms with E-state index in [1.807, 2.05) is 0 Å². The number of carbonyl (C=O) groups excluding carboxylic acids is 1. The molecule has 1 aromatic heterocycles. The van der Waals surface area contributed by atoms with E-state index in [9.17, 15) is 4.79 Å². The highest BCUT2D eigenvalue weighted by atomic mass is 16.6. The topological polar surface area (TPSA) is 137 Å². The third-order valence-corrected chi connectivity index (χ3v) is 4.65. The van der Waals surface area contributed by atoms with E-state index in [4.69, 9.17) is 21.2 Å². The number of ether oxygens (including phenoxy) is 2. The number of hydrazine groups is 1. The predicted molar refractivity (Wildman–Crippen MR) is 106 cm³/mol. The van der Waals surface area contributed by atoms with Gasteiger partial charge in [0.25, 0.3) is 0 Å². The Hall–Kier alpha value is -3.33. The van der Waals surface area contributed by atoms with Gasteiger partial charge in [-0.15, -0.1) is 0 Å². The summed E-state index contributed by atoms with van der Waals surface area (Å²) in [5.74, 6) is 12.1. The van der Waals surface area contributed by atoms with Crippen LogP contribution < -0.4 is 31.9 Å². The van der Waals surface area contributed by atoms with Gasteiger partial charge in [0.1, 0.15) is 11.5 Å². The Morgan fingerprint density at radius 2 is 2.04 bits per heavy atom. The fourth-order valence-corrected chi connectivity index (χ4v) is 3.26. The van der Waals surface area contributed by atoms with Crippen LogP contribution in [0.25, 0.3) is 11.1 Å². The lowest BCUT2D eigenvalue weighted by Gasteiger charge is -2.14. The summed E-state index contributed by atoms with van der Waals surface area (Å²) < 4.78 is 10.9. The number of carbonyl (C=O) groups is 1. The van der Waals surface area contributed by atoms with Crippen LogP contribution in [-0.2, 0) is 0 Å². The number of nitrogens with zero attached hydrogens (tertiary/aromatic N) is 2. The highest BCUT2D eigenvalue weighted by molar-refractivity contribution is 5.99. The Kier molecular flexibility index (Phi) is 6.28. The molecule has 1 aliphatic carbocycles. The molecule has 28 heavy (non-hydrogen) atoms. The van der Waals surface area contributed by atoms with E-state index in [0.717, 1.165) is 31.2 Å². The molecule has 0 atom stereocenters. The summed E-state index contributed by atoms with van der Waals surface area (Å²) in [6.07, 6.45) is 7.02. The molecule has 9 heteroatoms. The first-order valence-corrected chi connectivity index (χ1v) is 9.01. The standard InChI is InChI=1S/C19H24N6O3/c1-27-17-7-6-15(28-19(26)23-14-4-2-3-5-14)9-16(17)12-8-13(11-22-10-12)18(24-20)25-21/h6-11,14H,2-5,20-21H2,1H3,(H,23,26)(H,24,25). The molecule has 3 rings (SSSR count). The lowest BCUT2D eigenvalue weighted by Crippen LogP contribution is -2.34. The molecule has 1 heterocycles. The number of nitrogens with two attached hydrogens (primary N) is 2. The highest BCUT2D eigenvalue weighted by Gasteiger charge is 2.19. The molecule has 0 radical (unpaired) electrons. The largest absolute Gasteiger partial charge is 0.496 e. The van der Waals surface area contributed by atoms with Gasteiger partial charge in [0.2, 0.25) is 0 Å². The maximum absolute atomic E-state index is 12.2. The first kappa shape index (κ1) is 19.4. The summed E-state index contributed by atoms with van der Waals surface area (Å²) in [6.45, 7) is 0. The molecule has 0 saturated heterocycles. The first-order chi connectivity index (χ1) is 13.6. The number of pyridine rings is 1. The predicted octanol–water partition coefficient (Wildman–Crippen LogP) is 1.87. The van der Waals surface area contributed by atoms with Crippen LogP contribution in [0, 0.1) is 0 Å². The van der Waals surface area contributed by atoms with Crippen LogP contribution in [0.15, 0.2) is 41.8 Å². The van der Waals surface area contributed by atoms with Crippen LogP contribution in [0.5, 0.6) is 11.5 Å². The summed E-state index contributed by atoms with van der Waals surface area (Å²) >= 11 is 0. The smallest absolute Gasteiger partial charge is 0.412 e. The monoisotopic (exact) mass is 384 g/mol. The maximum atomic E-state index is 12.2. The van der Waals surface area contributed by atoms with Crippen molar-refractivity contribution in [1.29, 1.82) is 0 Å². The Bertz CT molecular complexity index is 864. The minimum Gasteiger partial charge on any atom is -0.496 e. The van der Waals surface area contributed by atoms with Gasteiger partial charge in [0.15, 0.2) is 5.84 Å². The average Bonchev–Trinajstić information content (AvgIpc) is 3.22. The minimum absolute atomic E-state index is 0.184. The Morgan fingerprint density at radius 3 is 2.71 bits per heavy atom. The summed E-state index contributed by atoms with van der Waals surface area (Å²) in [4.78, 5) is 16.4. The van der Waals surface area contributed by atoms with Gasteiger partial charge in [0.05, 0.1) is 7.11 Å². The van der Waals surface area contributed by atoms with E-state index >= 15 is 0 Å². The molecule has 0 unspecified atom stereocenters. The molecule has 0 aliphatic heterocycles. The van der Waals surface area contributed by atoms with Crippen molar-refractivity contribution in [3.63, 3.8) is 0 Å². The van der Waals surface area contributed by atoms with Gasteiger partial charge in [-0.3, -0.25) is 4.98 Å². The molecular weight excluding hydrogens is 360 g/mol. The van der Waals surface area contributed by atoms with Gasteiger partial charge < -0.3 is 26.1 Å². The van der Waals surface area contributed by atoms with E-state index < -0.39 is 6.09 Å². The van der Waals surface area contributed by atoms with Gasteiger partial charge >= 0.3 is 6.09 Å². The number of amidine groups is 1. The zero-order valence-electron chi connectivity index (χ0n) is 15.6. The number of methoxy groups -OCH3 is 1. The Labute approximate surface area is 163 Å². The maximum Gasteiger partial charge on any atom is 0.412 e. The minimum atomic E-state index is -0.459.